The molecule has 3 aromatic rings. The van der Waals surface area contributed by atoms with Gasteiger partial charge in [-0.2, -0.15) is 0 Å². The number of urea groups is 1. The summed E-state index contributed by atoms with van der Waals surface area (Å²) in [7, 11) is 0. The number of hydrogen-bond acceptors (Lipinski definition) is 4. The summed E-state index contributed by atoms with van der Waals surface area (Å²) < 4.78 is 5.77. The number of aliphatic carboxylic acids is 1. The van der Waals surface area contributed by atoms with Crippen LogP contribution in [0.5, 0.6) is 5.75 Å². The van der Waals surface area contributed by atoms with E-state index >= 15 is 0 Å². The van der Waals surface area contributed by atoms with E-state index in [1.165, 1.54) is 4.90 Å². The fourth-order valence-electron chi connectivity index (χ4n) is 3.48. The van der Waals surface area contributed by atoms with Crippen LogP contribution in [0.1, 0.15) is 16.7 Å². The number of hydrogen-bond donors (Lipinski definition) is 3. The van der Waals surface area contributed by atoms with Crippen LogP contribution in [0.25, 0.3) is 0 Å². The zero-order valence-electron chi connectivity index (χ0n) is 19.0. The van der Waals surface area contributed by atoms with E-state index < -0.39 is 18.0 Å². The number of nitrogens with zero attached hydrogens (tertiary/aromatic N) is 1. The summed E-state index contributed by atoms with van der Waals surface area (Å²) >= 11 is 0. The molecule has 3 rings (SSSR count). The molecule has 1 atom stereocenters. The van der Waals surface area contributed by atoms with Gasteiger partial charge in [0.15, 0.2) is 0 Å². The molecule has 178 valence electrons. The lowest BCUT2D eigenvalue weighted by Crippen LogP contribution is -2.50. The summed E-state index contributed by atoms with van der Waals surface area (Å²) in [5, 5.41) is 21.6. The largest absolute Gasteiger partial charge is 0.489 e. The lowest BCUT2D eigenvalue weighted by atomic mass is 10.1. The van der Waals surface area contributed by atoms with Gasteiger partial charge in [0.2, 0.25) is 0 Å². The van der Waals surface area contributed by atoms with Gasteiger partial charge in [-0.3, -0.25) is 0 Å². The van der Waals surface area contributed by atoms with Gasteiger partial charge in [-0.25, -0.2) is 9.59 Å². The van der Waals surface area contributed by atoms with Gasteiger partial charge in [-0.1, -0.05) is 72.8 Å². The third-order valence-electron chi connectivity index (χ3n) is 5.38. The van der Waals surface area contributed by atoms with Crippen molar-refractivity contribution in [1.82, 2.24) is 10.2 Å². The molecule has 0 saturated carbocycles. The highest BCUT2D eigenvalue weighted by Gasteiger charge is 2.23. The first-order chi connectivity index (χ1) is 16.5. The average Bonchev–Trinajstić information content (AvgIpc) is 2.86. The Bertz CT molecular complexity index is 1030. The SMILES string of the molecule is O=C(O)[C@H](Cc1ccc(OCc2ccccc2)cc1)NC(=O)N(CCO)CCc1ccccc1. The molecule has 0 bridgehead atoms. The number of carboxylic acid groups (broad SMARTS) is 1. The van der Waals surface area contributed by atoms with Crippen LogP contribution in [0.2, 0.25) is 0 Å². The van der Waals surface area contributed by atoms with Crippen molar-refractivity contribution < 1.29 is 24.5 Å². The van der Waals surface area contributed by atoms with Crippen LogP contribution < -0.4 is 10.1 Å². The Morgan fingerprint density at radius 1 is 0.824 bits per heavy atom. The number of amides is 2. The van der Waals surface area contributed by atoms with Gasteiger partial charge in [-0.15, -0.1) is 0 Å². The summed E-state index contributed by atoms with van der Waals surface area (Å²) in [6.07, 6.45) is 0.738. The number of ether oxygens (including phenoxy) is 1. The van der Waals surface area contributed by atoms with Crippen LogP contribution in [-0.2, 0) is 24.2 Å². The van der Waals surface area contributed by atoms with E-state index in [0.717, 1.165) is 16.7 Å². The van der Waals surface area contributed by atoms with Crippen molar-refractivity contribution in [3.8, 4) is 5.75 Å². The van der Waals surface area contributed by atoms with Crippen molar-refractivity contribution in [2.75, 3.05) is 19.7 Å². The Balaban J connectivity index is 1.55. The van der Waals surface area contributed by atoms with Gasteiger partial charge in [0.05, 0.1) is 6.61 Å². The average molecular weight is 463 g/mol. The molecule has 0 unspecified atom stereocenters. The van der Waals surface area contributed by atoms with E-state index in [9.17, 15) is 19.8 Å². The van der Waals surface area contributed by atoms with Crippen LogP contribution >= 0.6 is 0 Å². The number of carbonyl (C=O) groups excluding carboxylic acids is 1. The van der Waals surface area contributed by atoms with E-state index in [0.29, 0.717) is 25.3 Å². The number of nitrogens with one attached hydrogen (secondary N) is 1. The number of aliphatic hydroxyl groups is 1. The topological polar surface area (TPSA) is 99.1 Å². The molecule has 0 aromatic heterocycles. The summed E-state index contributed by atoms with van der Waals surface area (Å²) in [5.74, 6) is -0.441. The molecule has 0 fully saturated rings. The number of carbonyl (C=O) groups is 2. The second-order valence-electron chi connectivity index (χ2n) is 7.91. The van der Waals surface area contributed by atoms with Crippen molar-refractivity contribution in [3.63, 3.8) is 0 Å². The van der Waals surface area contributed by atoms with Gasteiger partial charge in [0, 0.05) is 19.5 Å². The molecule has 0 aliphatic rings. The highest BCUT2D eigenvalue weighted by Crippen LogP contribution is 2.16. The predicted molar refractivity (Wildman–Crippen MR) is 130 cm³/mol. The van der Waals surface area contributed by atoms with Crippen molar-refractivity contribution in [3.05, 3.63) is 102 Å². The maximum absolute atomic E-state index is 12.8. The van der Waals surface area contributed by atoms with Crippen molar-refractivity contribution in [2.24, 2.45) is 0 Å². The van der Waals surface area contributed by atoms with E-state index in [1.54, 1.807) is 24.3 Å². The fraction of sp³-hybridized carbons (Fsp3) is 0.259. The van der Waals surface area contributed by atoms with Crippen LogP contribution in [-0.4, -0.2) is 52.9 Å². The maximum Gasteiger partial charge on any atom is 0.326 e. The third kappa shape index (κ3) is 7.94. The molecule has 2 amide bonds. The highest BCUT2D eigenvalue weighted by atomic mass is 16.5. The van der Waals surface area contributed by atoms with Crippen LogP contribution in [0.3, 0.4) is 0 Å². The zero-order chi connectivity index (χ0) is 24.2. The summed E-state index contributed by atoms with van der Waals surface area (Å²) in [6, 6.07) is 25.0. The molecule has 0 spiro atoms. The van der Waals surface area contributed by atoms with Gasteiger partial charge in [0.1, 0.15) is 18.4 Å². The number of aliphatic hydroxyl groups excluding tert-OH is 1. The molecule has 0 radical (unpaired) electrons. The number of rotatable bonds is 12. The smallest absolute Gasteiger partial charge is 0.326 e. The molecular weight excluding hydrogens is 432 g/mol. The van der Waals surface area contributed by atoms with E-state index in [2.05, 4.69) is 5.32 Å². The third-order valence-corrected chi connectivity index (χ3v) is 5.38. The first kappa shape index (κ1) is 24.8. The van der Waals surface area contributed by atoms with Crippen LogP contribution in [0, 0.1) is 0 Å². The van der Waals surface area contributed by atoms with Crippen molar-refractivity contribution in [2.45, 2.75) is 25.5 Å². The zero-order valence-corrected chi connectivity index (χ0v) is 19.0. The number of carboxylic acids is 1. The van der Waals surface area contributed by atoms with Gasteiger partial charge in [0.25, 0.3) is 0 Å². The molecule has 3 N–H and O–H groups in total. The molecule has 3 aromatic carbocycles. The fourth-order valence-corrected chi connectivity index (χ4v) is 3.48. The lowest BCUT2D eigenvalue weighted by Gasteiger charge is -2.25. The molecule has 0 saturated heterocycles. The Labute approximate surface area is 199 Å². The quantitative estimate of drug-likeness (QED) is 0.383. The highest BCUT2D eigenvalue weighted by molar-refractivity contribution is 5.82. The van der Waals surface area contributed by atoms with E-state index in [4.69, 9.17) is 4.74 Å². The molecule has 0 aliphatic heterocycles. The summed E-state index contributed by atoms with van der Waals surface area (Å²) in [5.41, 5.74) is 2.88. The normalized spacial score (nSPS) is 11.4. The molecule has 7 nitrogen and oxygen atoms in total. The standard InChI is InChI=1S/C27H30N2O5/c30-18-17-29(16-15-21-7-3-1-4-8-21)27(33)28-25(26(31)32)19-22-11-13-24(14-12-22)34-20-23-9-5-2-6-10-23/h1-14,25,30H,15-20H2,(H,28,33)(H,31,32)/t25-/m0/s1. The second-order valence-corrected chi connectivity index (χ2v) is 7.91. The predicted octanol–water partition coefficient (Wildman–Crippen LogP) is 3.51. The first-order valence-electron chi connectivity index (χ1n) is 11.2. The van der Waals surface area contributed by atoms with E-state index in [1.807, 2.05) is 60.7 Å². The molecule has 7 heteroatoms. The Kier molecular flexibility index (Phi) is 9.49. The molecule has 34 heavy (non-hydrogen) atoms. The number of benzene rings is 3. The monoisotopic (exact) mass is 462 g/mol. The Morgan fingerprint density at radius 3 is 2.03 bits per heavy atom. The minimum atomic E-state index is -1.12. The van der Waals surface area contributed by atoms with Crippen LogP contribution in [0.4, 0.5) is 4.79 Å². The molecule has 0 aliphatic carbocycles. The van der Waals surface area contributed by atoms with Crippen molar-refractivity contribution in [1.29, 1.82) is 0 Å². The Morgan fingerprint density at radius 2 is 1.44 bits per heavy atom. The summed E-state index contributed by atoms with van der Waals surface area (Å²) in [6.45, 7) is 0.733. The molecule has 0 heterocycles. The molecular formula is C27H30N2O5. The minimum Gasteiger partial charge on any atom is -0.489 e. The van der Waals surface area contributed by atoms with Gasteiger partial charge >= 0.3 is 12.0 Å². The Hall–Kier alpha value is -3.84. The van der Waals surface area contributed by atoms with Crippen molar-refractivity contribution >= 4 is 12.0 Å². The maximum atomic E-state index is 12.8. The van der Waals surface area contributed by atoms with Gasteiger partial charge < -0.3 is 25.2 Å². The summed E-state index contributed by atoms with van der Waals surface area (Å²) in [4.78, 5) is 26.0. The first-order valence-corrected chi connectivity index (χ1v) is 11.2. The van der Waals surface area contributed by atoms with E-state index in [-0.39, 0.29) is 19.6 Å². The van der Waals surface area contributed by atoms with Gasteiger partial charge in [-0.05, 0) is 35.2 Å². The minimum absolute atomic E-state index is 0.123. The second kappa shape index (κ2) is 13.0. The van der Waals surface area contributed by atoms with Crippen LogP contribution in [0.15, 0.2) is 84.9 Å². The lowest BCUT2D eigenvalue weighted by molar-refractivity contribution is -0.139.